The fraction of sp³-hybridized carbons (Fsp3) is 0.308. The first-order valence-electron chi connectivity index (χ1n) is 6.63. The number of aryl methyl sites for hydroxylation is 1. The number of hydrogen-bond donors (Lipinski definition) is 2. The topological polar surface area (TPSA) is 90.0 Å². The molecule has 2 rings (SSSR count). The molecule has 1 aromatic heterocycles. The average molecular weight is 348 g/mol. The Balaban J connectivity index is 2.11. The van der Waals surface area contributed by atoms with Crippen LogP contribution in [-0.4, -0.2) is 24.7 Å². The number of primary sulfonamides is 1. The molecule has 0 saturated carbocycles. The maximum Gasteiger partial charge on any atom is 0.418 e. The molecule has 1 heterocycles. The largest absolute Gasteiger partial charge is 0.418 e. The summed E-state index contributed by atoms with van der Waals surface area (Å²) in [5.74, 6) is 0. The molecule has 1 aromatic carbocycles. The van der Waals surface area contributed by atoms with E-state index >= 15 is 0 Å². The van der Waals surface area contributed by atoms with Gasteiger partial charge in [-0.2, -0.15) is 18.3 Å². The van der Waals surface area contributed by atoms with E-state index in [1.807, 2.05) is 0 Å². The standard InChI is InChI=1S/C13H15F3N4O2S/c14-13(15,16)11-9-10(23(17,21)22)3-4-12(11)18-5-1-7-20-8-2-6-19-20/h2-4,6,8-9,18H,1,5,7H2,(H2,17,21,22). The summed E-state index contributed by atoms with van der Waals surface area (Å²) in [4.78, 5) is -0.577. The van der Waals surface area contributed by atoms with Crippen molar-refractivity contribution in [1.82, 2.24) is 9.78 Å². The molecule has 6 nitrogen and oxygen atoms in total. The van der Waals surface area contributed by atoms with Gasteiger partial charge >= 0.3 is 6.18 Å². The van der Waals surface area contributed by atoms with E-state index in [0.29, 0.717) is 19.0 Å². The van der Waals surface area contributed by atoms with E-state index in [-0.39, 0.29) is 12.2 Å². The predicted molar refractivity (Wildman–Crippen MR) is 78.2 cm³/mol. The number of benzene rings is 1. The van der Waals surface area contributed by atoms with Crippen LogP contribution in [0, 0.1) is 0 Å². The van der Waals surface area contributed by atoms with Gasteiger partial charge in [0.1, 0.15) is 0 Å². The van der Waals surface area contributed by atoms with E-state index in [9.17, 15) is 21.6 Å². The molecular weight excluding hydrogens is 333 g/mol. The van der Waals surface area contributed by atoms with Gasteiger partial charge in [0.25, 0.3) is 0 Å². The van der Waals surface area contributed by atoms with Crippen LogP contribution in [0.5, 0.6) is 0 Å². The van der Waals surface area contributed by atoms with Gasteiger partial charge in [-0.15, -0.1) is 0 Å². The second kappa shape index (κ2) is 6.59. The Morgan fingerprint density at radius 2 is 2.04 bits per heavy atom. The van der Waals surface area contributed by atoms with E-state index < -0.39 is 26.7 Å². The third kappa shape index (κ3) is 4.70. The highest BCUT2D eigenvalue weighted by Gasteiger charge is 2.34. The van der Waals surface area contributed by atoms with Crippen molar-refractivity contribution < 1.29 is 21.6 Å². The Morgan fingerprint density at radius 3 is 2.61 bits per heavy atom. The Kier molecular flexibility index (Phi) is 4.95. The van der Waals surface area contributed by atoms with Gasteiger partial charge in [0.05, 0.1) is 10.5 Å². The summed E-state index contributed by atoms with van der Waals surface area (Å²) in [6.07, 6.45) is -0.774. The molecule has 0 atom stereocenters. The minimum atomic E-state index is -4.69. The molecule has 0 saturated heterocycles. The molecule has 0 fully saturated rings. The van der Waals surface area contributed by atoms with Crippen molar-refractivity contribution in [1.29, 1.82) is 0 Å². The Morgan fingerprint density at radius 1 is 1.30 bits per heavy atom. The fourth-order valence-electron chi connectivity index (χ4n) is 1.99. The number of nitrogens with two attached hydrogens (primary N) is 1. The van der Waals surface area contributed by atoms with Gasteiger partial charge < -0.3 is 5.32 Å². The Labute approximate surface area is 131 Å². The molecule has 126 valence electrons. The summed E-state index contributed by atoms with van der Waals surface area (Å²) < 4.78 is 63.2. The first-order chi connectivity index (χ1) is 10.7. The molecule has 23 heavy (non-hydrogen) atoms. The summed E-state index contributed by atoms with van der Waals surface area (Å²) in [6, 6.07) is 4.39. The Bertz CT molecular complexity index is 758. The normalized spacial score (nSPS) is 12.3. The van der Waals surface area contributed by atoms with Gasteiger partial charge in [-0.3, -0.25) is 4.68 Å². The molecule has 0 aliphatic carbocycles. The van der Waals surface area contributed by atoms with Gasteiger partial charge in [-0.05, 0) is 30.7 Å². The number of alkyl halides is 3. The summed E-state index contributed by atoms with van der Waals surface area (Å²) in [5, 5.41) is 11.5. The lowest BCUT2D eigenvalue weighted by molar-refractivity contribution is -0.137. The fourth-order valence-corrected chi connectivity index (χ4v) is 2.53. The zero-order chi connectivity index (χ0) is 17.1. The van der Waals surface area contributed by atoms with Crippen LogP contribution in [0.1, 0.15) is 12.0 Å². The number of anilines is 1. The van der Waals surface area contributed by atoms with Crippen LogP contribution in [0.2, 0.25) is 0 Å². The molecule has 10 heteroatoms. The first kappa shape index (κ1) is 17.3. The van der Waals surface area contributed by atoms with Crippen molar-refractivity contribution in [2.75, 3.05) is 11.9 Å². The molecule has 0 bridgehead atoms. The van der Waals surface area contributed by atoms with E-state index in [1.165, 1.54) is 0 Å². The van der Waals surface area contributed by atoms with Gasteiger partial charge in [-0.1, -0.05) is 0 Å². The number of hydrogen-bond acceptors (Lipinski definition) is 4. The summed E-state index contributed by atoms with van der Waals surface area (Å²) in [5.41, 5.74) is -1.26. The van der Waals surface area contributed by atoms with Crippen LogP contribution < -0.4 is 10.5 Å². The number of aromatic nitrogens is 2. The highest BCUT2D eigenvalue weighted by Crippen LogP contribution is 2.36. The molecule has 0 amide bonds. The van der Waals surface area contributed by atoms with E-state index in [0.717, 1.165) is 12.1 Å². The monoisotopic (exact) mass is 348 g/mol. The van der Waals surface area contributed by atoms with Crippen LogP contribution in [-0.2, 0) is 22.7 Å². The molecule has 2 aromatic rings. The minimum Gasteiger partial charge on any atom is -0.384 e. The van der Waals surface area contributed by atoms with Crippen LogP contribution in [0.25, 0.3) is 0 Å². The lowest BCUT2D eigenvalue weighted by Crippen LogP contribution is -2.17. The molecule has 3 N–H and O–H groups in total. The summed E-state index contributed by atoms with van der Waals surface area (Å²) in [7, 11) is -4.20. The lowest BCUT2D eigenvalue weighted by Gasteiger charge is -2.15. The summed E-state index contributed by atoms with van der Waals surface area (Å²) >= 11 is 0. The van der Waals surface area contributed by atoms with Crippen LogP contribution in [0.4, 0.5) is 18.9 Å². The van der Waals surface area contributed by atoms with Crippen LogP contribution in [0.15, 0.2) is 41.6 Å². The molecule has 0 aliphatic heterocycles. The molecular formula is C13H15F3N4O2S. The van der Waals surface area contributed by atoms with Crippen molar-refractivity contribution in [3.63, 3.8) is 0 Å². The van der Waals surface area contributed by atoms with Crippen LogP contribution in [0.3, 0.4) is 0 Å². The van der Waals surface area contributed by atoms with E-state index in [4.69, 9.17) is 5.14 Å². The zero-order valence-electron chi connectivity index (χ0n) is 11.9. The first-order valence-corrected chi connectivity index (χ1v) is 8.18. The minimum absolute atomic E-state index is 0.189. The number of nitrogens with one attached hydrogen (secondary N) is 1. The molecule has 0 spiro atoms. The molecule has 0 unspecified atom stereocenters. The average Bonchev–Trinajstić information content (AvgIpc) is 2.94. The molecule has 0 radical (unpaired) electrons. The third-order valence-electron chi connectivity index (χ3n) is 3.06. The Hall–Kier alpha value is -2.07. The van der Waals surface area contributed by atoms with Crippen molar-refractivity contribution in [3.8, 4) is 0 Å². The number of sulfonamides is 1. The number of nitrogens with zero attached hydrogens (tertiary/aromatic N) is 2. The maximum atomic E-state index is 13.1. The van der Waals surface area contributed by atoms with Crippen LogP contribution >= 0.6 is 0 Å². The van der Waals surface area contributed by atoms with Crippen molar-refractivity contribution in [2.45, 2.75) is 24.0 Å². The van der Waals surface area contributed by atoms with Gasteiger partial charge in [0.2, 0.25) is 10.0 Å². The van der Waals surface area contributed by atoms with E-state index in [1.54, 1.807) is 23.1 Å². The van der Waals surface area contributed by atoms with Crippen molar-refractivity contribution in [3.05, 3.63) is 42.2 Å². The maximum absolute atomic E-state index is 13.1. The third-order valence-corrected chi connectivity index (χ3v) is 3.97. The van der Waals surface area contributed by atoms with Crippen molar-refractivity contribution >= 4 is 15.7 Å². The highest BCUT2D eigenvalue weighted by molar-refractivity contribution is 7.89. The molecule has 0 aliphatic rings. The van der Waals surface area contributed by atoms with E-state index in [2.05, 4.69) is 10.4 Å². The lowest BCUT2D eigenvalue weighted by atomic mass is 10.1. The highest BCUT2D eigenvalue weighted by atomic mass is 32.2. The quantitative estimate of drug-likeness (QED) is 0.782. The zero-order valence-corrected chi connectivity index (χ0v) is 12.7. The second-order valence-electron chi connectivity index (χ2n) is 4.80. The predicted octanol–water partition coefficient (Wildman–Crippen LogP) is 2.05. The second-order valence-corrected chi connectivity index (χ2v) is 6.36. The van der Waals surface area contributed by atoms with Crippen molar-refractivity contribution in [2.24, 2.45) is 5.14 Å². The van der Waals surface area contributed by atoms with Gasteiger partial charge in [-0.25, -0.2) is 13.6 Å². The SMILES string of the molecule is NS(=O)(=O)c1ccc(NCCCn2cccn2)c(C(F)(F)F)c1. The smallest absolute Gasteiger partial charge is 0.384 e. The number of rotatable bonds is 6. The summed E-state index contributed by atoms with van der Waals surface area (Å²) in [6.45, 7) is 0.828. The van der Waals surface area contributed by atoms with Gasteiger partial charge in [0.15, 0.2) is 0 Å². The number of halogens is 3. The van der Waals surface area contributed by atoms with Gasteiger partial charge in [0, 0.05) is 31.2 Å².